The molecule has 2 heterocycles. The van der Waals surface area contributed by atoms with E-state index in [1.807, 2.05) is 43.3 Å². The van der Waals surface area contributed by atoms with Crippen molar-refractivity contribution in [1.29, 1.82) is 0 Å². The van der Waals surface area contributed by atoms with E-state index in [1.165, 1.54) is 5.56 Å². The third-order valence-electron chi connectivity index (χ3n) is 4.90. The summed E-state index contributed by atoms with van der Waals surface area (Å²) in [6.07, 6.45) is 0. The maximum atomic E-state index is 12.6. The van der Waals surface area contributed by atoms with Crippen LogP contribution in [-0.2, 0) is 0 Å². The minimum Gasteiger partial charge on any atom is -0.451 e. The van der Waals surface area contributed by atoms with Crippen molar-refractivity contribution in [3.05, 3.63) is 95.2 Å². The zero-order chi connectivity index (χ0) is 21.4. The lowest BCUT2D eigenvalue weighted by molar-refractivity contribution is 0.0997. The molecule has 0 saturated carbocycles. The van der Waals surface area contributed by atoms with Crippen LogP contribution in [0.4, 0.5) is 5.69 Å². The number of aromatic nitrogens is 1. The average Bonchev–Trinajstić information content (AvgIpc) is 3.42. The number of amides is 1. The highest BCUT2D eigenvalue weighted by molar-refractivity contribution is 6.30. The Balaban J connectivity index is 1.36. The molecule has 0 spiro atoms. The van der Waals surface area contributed by atoms with E-state index in [4.69, 9.17) is 20.4 Å². The molecule has 5 aromatic rings. The van der Waals surface area contributed by atoms with Gasteiger partial charge in [-0.15, -0.1) is 0 Å². The summed E-state index contributed by atoms with van der Waals surface area (Å²) in [5.74, 6) is 1.00. The molecule has 0 bridgehead atoms. The lowest BCUT2D eigenvalue weighted by Gasteiger charge is -2.02. The average molecular weight is 429 g/mol. The lowest BCUT2D eigenvalue weighted by atomic mass is 10.1. The standard InChI is InChI=1S/C25H17ClN2O3/c1-15-2-4-17(5-3-15)25-28-20-14-19(10-11-22(20)31-25)27-24(29)23-13-12-21(30-23)16-6-8-18(26)9-7-16/h2-14H,1H3,(H,27,29). The second-order valence-corrected chi connectivity index (χ2v) is 7.63. The minimum atomic E-state index is -0.346. The van der Waals surface area contributed by atoms with Crippen LogP contribution in [0.5, 0.6) is 0 Å². The fourth-order valence-corrected chi connectivity index (χ4v) is 3.37. The Morgan fingerprint density at radius 1 is 0.871 bits per heavy atom. The number of hydrogen-bond acceptors (Lipinski definition) is 4. The molecule has 3 aromatic carbocycles. The second kappa shape index (κ2) is 7.78. The SMILES string of the molecule is Cc1ccc(-c2nc3cc(NC(=O)c4ccc(-c5ccc(Cl)cc5)o4)ccc3o2)cc1. The molecule has 5 rings (SSSR count). The van der Waals surface area contributed by atoms with E-state index in [1.54, 1.807) is 42.5 Å². The van der Waals surface area contributed by atoms with E-state index in [2.05, 4.69) is 10.3 Å². The molecular weight excluding hydrogens is 412 g/mol. The zero-order valence-electron chi connectivity index (χ0n) is 16.6. The third-order valence-corrected chi connectivity index (χ3v) is 5.15. The second-order valence-electron chi connectivity index (χ2n) is 7.19. The van der Waals surface area contributed by atoms with Crippen molar-refractivity contribution in [2.45, 2.75) is 6.92 Å². The summed E-state index contributed by atoms with van der Waals surface area (Å²) in [5, 5.41) is 3.49. The highest BCUT2D eigenvalue weighted by atomic mass is 35.5. The number of halogens is 1. The number of aryl methyl sites for hydroxylation is 1. The van der Waals surface area contributed by atoms with Crippen LogP contribution in [0, 0.1) is 6.92 Å². The molecule has 1 amide bonds. The van der Waals surface area contributed by atoms with E-state index in [0.29, 0.717) is 33.5 Å². The number of furan rings is 1. The van der Waals surface area contributed by atoms with Gasteiger partial charge >= 0.3 is 0 Å². The fraction of sp³-hybridized carbons (Fsp3) is 0.0400. The Labute approximate surface area is 183 Å². The number of anilines is 1. The molecule has 1 N–H and O–H groups in total. The van der Waals surface area contributed by atoms with Gasteiger partial charge in [-0.05, 0) is 73.7 Å². The van der Waals surface area contributed by atoms with Gasteiger partial charge in [0.2, 0.25) is 5.89 Å². The van der Waals surface area contributed by atoms with E-state index in [0.717, 1.165) is 11.1 Å². The number of oxazole rings is 1. The number of nitrogens with zero attached hydrogens (tertiary/aromatic N) is 1. The van der Waals surface area contributed by atoms with Crippen molar-refractivity contribution in [3.8, 4) is 22.8 Å². The largest absolute Gasteiger partial charge is 0.451 e. The van der Waals surface area contributed by atoms with Crippen molar-refractivity contribution in [2.75, 3.05) is 5.32 Å². The Hall–Kier alpha value is -3.83. The van der Waals surface area contributed by atoms with Crippen LogP contribution >= 0.6 is 11.6 Å². The maximum Gasteiger partial charge on any atom is 0.291 e. The summed E-state index contributed by atoms with van der Waals surface area (Å²) < 4.78 is 11.6. The lowest BCUT2D eigenvalue weighted by Crippen LogP contribution is -2.10. The van der Waals surface area contributed by atoms with Crippen LogP contribution < -0.4 is 5.32 Å². The van der Waals surface area contributed by atoms with Crippen molar-refractivity contribution in [2.24, 2.45) is 0 Å². The zero-order valence-corrected chi connectivity index (χ0v) is 17.3. The number of rotatable bonds is 4. The molecule has 0 saturated heterocycles. The van der Waals surface area contributed by atoms with Gasteiger partial charge in [0.15, 0.2) is 11.3 Å². The summed E-state index contributed by atoms with van der Waals surface area (Å²) in [4.78, 5) is 17.2. The highest BCUT2D eigenvalue weighted by Crippen LogP contribution is 2.27. The predicted molar refractivity (Wildman–Crippen MR) is 121 cm³/mol. The molecule has 0 unspecified atom stereocenters. The van der Waals surface area contributed by atoms with Crippen molar-refractivity contribution >= 4 is 34.3 Å². The van der Waals surface area contributed by atoms with E-state index in [-0.39, 0.29) is 11.7 Å². The van der Waals surface area contributed by atoms with Gasteiger partial charge in [-0.1, -0.05) is 29.3 Å². The third kappa shape index (κ3) is 3.96. The van der Waals surface area contributed by atoms with Crippen molar-refractivity contribution in [1.82, 2.24) is 4.98 Å². The van der Waals surface area contributed by atoms with Crippen LogP contribution in [0.3, 0.4) is 0 Å². The van der Waals surface area contributed by atoms with Gasteiger partial charge in [-0.3, -0.25) is 4.79 Å². The van der Waals surface area contributed by atoms with Crippen LogP contribution in [0.2, 0.25) is 5.02 Å². The molecule has 0 radical (unpaired) electrons. The molecule has 31 heavy (non-hydrogen) atoms. The number of hydrogen-bond donors (Lipinski definition) is 1. The molecule has 0 fully saturated rings. The number of nitrogens with one attached hydrogen (secondary N) is 1. The van der Waals surface area contributed by atoms with Gasteiger partial charge in [-0.25, -0.2) is 4.98 Å². The van der Waals surface area contributed by atoms with Gasteiger partial charge in [0.05, 0.1) is 0 Å². The first-order valence-electron chi connectivity index (χ1n) is 9.70. The molecular formula is C25H17ClN2O3. The number of benzene rings is 3. The van der Waals surface area contributed by atoms with Crippen LogP contribution in [0.25, 0.3) is 33.9 Å². The first-order valence-corrected chi connectivity index (χ1v) is 10.1. The minimum absolute atomic E-state index is 0.213. The van der Waals surface area contributed by atoms with Crippen LogP contribution in [0.15, 0.2) is 87.7 Å². The molecule has 0 aliphatic carbocycles. The molecule has 0 aliphatic rings. The number of carbonyl (C=O) groups is 1. The Morgan fingerprint density at radius 3 is 2.39 bits per heavy atom. The van der Waals surface area contributed by atoms with Crippen molar-refractivity contribution < 1.29 is 13.6 Å². The van der Waals surface area contributed by atoms with Crippen LogP contribution in [-0.4, -0.2) is 10.9 Å². The van der Waals surface area contributed by atoms with Crippen LogP contribution in [0.1, 0.15) is 16.1 Å². The first-order chi connectivity index (χ1) is 15.0. The molecule has 0 atom stereocenters. The van der Waals surface area contributed by atoms with Gasteiger partial charge in [0.25, 0.3) is 5.91 Å². The summed E-state index contributed by atoms with van der Waals surface area (Å²) in [6, 6.07) is 23.9. The van der Waals surface area contributed by atoms with E-state index >= 15 is 0 Å². The van der Waals surface area contributed by atoms with Gasteiger partial charge in [-0.2, -0.15) is 0 Å². The molecule has 6 heteroatoms. The van der Waals surface area contributed by atoms with E-state index < -0.39 is 0 Å². The molecule has 152 valence electrons. The predicted octanol–water partition coefficient (Wildman–Crippen LogP) is 6.97. The molecule has 2 aromatic heterocycles. The monoisotopic (exact) mass is 428 g/mol. The number of fused-ring (bicyclic) bond motifs is 1. The highest BCUT2D eigenvalue weighted by Gasteiger charge is 2.14. The summed E-state index contributed by atoms with van der Waals surface area (Å²) >= 11 is 5.92. The summed E-state index contributed by atoms with van der Waals surface area (Å²) in [6.45, 7) is 2.03. The topological polar surface area (TPSA) is 68.3 Å². The summed E-state index contributed by atoms with van der Waals surface area (Å²) in [7, 11) is 0. The maximum absolute atomic E-state index is 12.6. The Morgan fingerprint density at radius 2 is 1.61 bits per heavy atom. The Bertz CT molecular complexity index is 1380. The number of carbonyl (C=O) groups excluding carboxylic acids is 1. The first kappa shape index (κ1) is 19.2. The normalized spacial score (nSPS) is 11.0. The smallest absolute Gasteiger partial charge is 0.291 e. The molecule has 5 nitrogen and oxygen atoms in total. The van der Waals surface area contributed by atoms with E-state index in [9.17, 15) is 4.79 Å². The molecule has 0 aliphatic heterocycles. The quantitative estimate of drug-likeness (QED) is 0.335. The summed E-state index contributed by atoms with van der Waals surface area (Å²) in [5.41, 5.74) is 4.83. The fourth-order valence-electron chi connectivity index (χ4n) is 3.25. The van der Waals surface area contributed by atoms with Gasteiger partial charge in [0, 0.05) is 21.8 Å². The van der Waals surface area contributed by atoms with Gasteiger partial charge in [0.1, 0.15) is 11.3 Å². The van der Waals surface area contributed by atoms with Gasteiger partial charge < -0.3 is 14.2 Å². The van der Waals surface area contributed by atoms with Crippen molar-refractivity contribution in [3.63, 3.8) is 0 Å². The Kier molecular flexibility index (Phi) is 4.81.